The Morgan fingerprint density at radius 2 is 1.61 bits per heavy atom. The number of hydrogen-bond donors (Lipinski definition) is 1. The quantitative estimate of drug-likeness (QED) is 0.475. The average Bonchev–Trinajstić information content (AvgIpc) is 2.74. The first kappa shape index (κ1) is 20.0. The molecule has 28 heavy (non-hydrogen) atoms. The van der Waals surface area contributed by atoms with Crippen LogP contribution in [0.15, 0.2) is 77.8 Å². The van der Waals surface area contributed by atoms with Crippen molar-refractivity contribution < 1.29 is 4.74 Å². The van der Waals surface area contributed by atoms with Gasteiger partial charge in [-0.15, -0.1) is 0 Å². The standard InChI is InChI=1S/C23H22BrN3O/c24-22-7-5-19(6-8-22)2-1-11-25-14-15-28-23-16-21(17-27-18-23)4-3-20-9-12-26-13-10-20/h1-10,12-13,16-18,25H,11,14-15H2/b2-1+,4-3+. The van der Waals surface area contributed by atoms with E-state index in [1.165, 1.54) is 5.56 Å². The largest absolute Gasteiger partial charge is 0.491 e. The van der Waals surface area contributed by atoms with Crippen molar-refractivity contribution in [3.05, 3.63) is 94.5 Å². The minimum atomic E-state index is 0.589. The van der Waals surface area contributed by atoms with Crippen molar-refractivity contribution in [1.82, 2.24) is 15.3 Å². The molecular weight excluding hydrogens is 414 g/mol. The van der Waals surface area contributed by atoms with Gasteiger partial charge >= 0.3 is 0 Å². The molecule has 0 aliphatic carbocycles. The minimum Gasteiger partial charge on any atom is -0.491 e. The first-order chi connectivity index (χ1) is 13.8. The number of aromatic nitrogens is 2. The second-order valence-corrected chi connectivity index (χ2v) is 6.99. The summed E-state index contributed by atoms with van der Waals surface area (Å²) in [4.78, 5) is 8.26. The molecule has 3 aromatic rings. The van der Waals surface area contributed by atoms with Gasteiger partial charge in [-0.3, -0.25) is 9.97 Å². The molecule has 0 aliphatic rings. The van der Waals surface area contributed by atoms with Crippen LogP contribution in [0, 0.1) is 0 Å². The van der Waals surface area contributed by atoms with Crippen molar-refractivity contribution in [2.45, 2.75) is 0 Å². The van der Waals surface area contributed by atoms with E-state index in [-0.39, 0.29) is 0 Å². The number of pyridine rings is 2. The van der Waals surface area contributed by atoms with Crippen LogP contribution in [0.1, 0.15) is 16.7 Å². The summed E-state index contributed by atoms with van der Waals surface area (Å²) in [5, 5.41) is 3.34. The van der Waals surface area contributed by atoms with E-state index >= 15 is 0 Å². The van der Waals surface area contributed by atoms with E-state index in [1.807, 2.05) is 48.7 Å². The summed E-state index contributed by atoms with van der Waals surface area (Å²) in [6.45, 7) is 2.15. The Morgan fingerprint density at radius 1 is 0.857 bits per heavy atom. The van der Waals surface area contributed by atoms with Gasteiger partial charge in [0, 0.05) is 36.2 Å². The maximum Gasteiger partial charge on any atom is 0.138 e. The van der Waals surface area contributed by atoms with Gasteiger partial charge in [-0.05, 0) is 47.0 Å². The van der Waals surface area contributed by atoms with Crippen LogP contribution >= 0.6 is 15.9 Å². The first-order valence-corrected chi connectivity index (χ1v) is 9.88. The zero-order valence-corrected chi connectivity index (χ0v) is 17.0. The number of nitrogens with zero attached hydrogens (tertiary/aromatic N) is 2. The monoisotopic (exact) mass is 435 g/mol. The topological polar surface area (TPSA) is 47.0 Å². The van der Waals surface area contributed by atoms with Crippen molar-refractivity contribution in [2.24, 2.45) is 0 Å². The summed E-state index contributed by atoms with van der Waals surface area (Å²) in [6, 6.07) is 14.1. The summed E-state index contributed by atoms with van der Waals surface area (Å²) in [7, 11) is 0. The van der Waals surface area contributed by atoms with Gasteiger partial charge in [0.05, 0.1) is 6.20 Å². The lowest BCUT2D eigenvalue weighted by molar-refractivity contribution is 0.315. The highest BCUT2D eigenvalue weighted by molar-refractivity contribution is 9.10. The molecule has 0 amide bonds. The molecule has 0 radical (unpaired) electrons. The molecule has 0 aliphatic heterocycles. The summed E-state index contributed by atoms with van der Waals surface area (Å²) in [6.07, 6.45) is 15.4. The highest BCUT2D eigenvalue weighted by atomic mass is 79.9. The zero-order valence-electron chi connectivity index (χ0n) is 15.5. The second kappa shape index (κ2) is 11.2. The smallest absolute Gasteiger partial charge is 0.138 e. The molecule has 4 nitrogen and oxygen atoms in total. The van der Waals surface area contributed by atoms with Crippen molar-refractivity contribution in [1.29, 1.82) is 0 Å². The maximum atomic E-state index is 5.78. The number of rotatable bonds is 9. The third-order valence-corrected chi connectivity index (χ3v) is 4.43. The van der Waals surface area contributed by atoms with Crippen LogP contribution < -0.4 is 10.1 Å². The fourth-order valence-electron chi connectivity index (χ4n) is 2.47. The van der Waals surface area contributed by atoms with Crippen LogP contribution in [0.3, 0.4) is 0 Å². The Balaban J connectivity index is 1.38. The normalized spacial score (nSPS) is 11.3. The van der Waals surface area contributed by atoms with E-state index in [0.717, 1.165) is 34.4 Å². The molecular formula is C23H22BrN3O. The predicted octanol–water partition coefficient (Wildman–Crippen LogP) is 5.09. The van der Waals surface area contributed by atoms with Crippen molar-refractivity contribution in [3.8, 4) is 5.75 Å². The molecule has 5 heteroatoms. The summed E-state index contributed by atoms with van der Waals surface area (Å²) < 4.78 is 6.87. The highest BCUT2D eigenvalue weighted by Gasteiger charge is 1.96. The second-order valence-electron chi connectivity index (χ2n) is 6.07. The molecule has 0 atom stereocenters. The molecule has 1 aromatic carbocycles. The number of nitrogens with one attached hydrogen (secondary N) is 1. The number of halogens is 1. The van der Waals surface area contributed by atoms with Crippen LogP contribution in [0.5, 0.6) is 5.75 Å². The lowest BCUT2D eigenvalue weighted by Crippen LogP contribution is -2.21. The maximum absolute atomic E-state index is 5.78. The molecule has 0 unspecified atom stereocenters. The molecule has 0 bridgehead atoms. The number of benzene rings is 1. The Morgan fingerprint density at radius 3 is 2.43 bits per heavy atom. The molecule has 0 fully saturated rings. The van der Waals surface area contributed by atoms with Crippen molar-refractivity contribution >= 4 is 34.2 Å². The Bertz CT molecular complexity index is 909. The SMILES string of the molecule is Brc1ccc(/C=C/CNCCOc2cncc(/C=C/c3ccncc3)c2)cc1. The van der Waals surface area contributed by atoms with E-state index in [4.69, 9.17) is 4.74 Å². The fraction of sp³-hybridized carbons (Fsp3) is 0.130. The lowest BCUT2D eigenvalue weighted by Gasteiger charge is -2.06. The predicted molar refractivity (Wildman–Crippen MR) is 119 cm³/mol. The van der Waals surface area contributed by atoms with Gasteiger partial charge in [-0.2, -0.15) is 0 Å². The van der Waals surface area contributed by atoms with Gasteiger partial charge < -0.3 is 10.1 Å². The van der Waals surface area contributed by atoms with E-state index < -0.39 is 0 Å². The summed E-state index contributed by atoms with van der Waals surface area (Å²) in [5.41, 5.74) is 3.28. The van der Waals surface area contributed by atoms with Crippen molar-refractivity contribution in [3.63, 3.8) is 0 Å². The Kier molecular flexibility index (Phi) is 7.97. The fourth-order valence-corrected chi connectivity index (χ4v) is 2.73. The average molecular weight is 436 g/mol. The lowest BCUT2D eigenvalue weighted by atomic mass is 10.2. The summed E-state index contributed by atoms with van der Waals surface area (Å²) in [5.74, 6) is 0.768. The minimum absolute atomic E-state index is 0.589. The van der Waals surface area contributed by atoms with Crippen LogP contribution in [0.4, 0.5) is 0 Å². The molecule has 2 aromatic heterocycles. The summed E-state index contributed by atoms with van der Waals surface area (Å²) >= 11 is 3.44. The van der Waals surface area contributed by atoms with Gasteiger partial charge in [0.15, 0.2) is 0 Å². The van der Waals surface area contributed by atoms with Gasteiger partial charge in [0.25, 0.3) is 0 Å². The third kappa shape index (κ3) is 7.10. The van der Waals surface area contributed by atoms with E-state index in [0.29, 0.717) is 6.61 Å². The van der Waals surface area contributed by atoms with E-state index in [2.05, 4.69) is 55.5 Å². The first-order valence-electron chi connectivity index (χ1n) is 9.08. The molecule has 2 heterocycles. The molecule has 0 saturated heterocycles. The van der Waals surface area contributed by atoms with E-state index in [9.17, 15) is 0 Å². The van der Waals surface area contributed by atoms with E-state index in [1.54, 1.807) is 18.6 Å². The Labute approximate surface area is 174 Å². The van der Waals surface area contributed by atoms with Crippen molar-refractivity contribution in [2.75, 3.05) is 19.7 Å². The zero-order chi connectivity index (χ0) is 19.4. The number of hydrogen-bond acceptors (Lipinski definition) is 4. The van der Waals surface area contributed by atoms with Gasteiger partial charge in [0.1, 0.15) is 12.4 Å². The van der Waals surface area contributed by atoms with Crippen LogP contribution in [0.25, 0.3) is 18.2 Å². The number of ether oxygens (including phenoxy) is 1. The van der Waals surface area contributed by atoms with Gasteiger partial charge in [-0.25, -0.2) is 0 Å². The highest BCUT2D eigenvalue weighted by Crippen LogP contribution is 2.14. The van der Waals surface area contributed by atoms with Gasteiger partial charge in [-0.1, -0.05) is 52.4 Å². The molecule has 142 valence electrons. The van der Waals surface area contributed by atoms with Crippen LogP contribution in [-0.2, 0) is 0 Å². The van der Waals surface area contributed by atoms with Crippen LogP contribution in [-0.4, -0.2) is 29.7 Å². The molecule has 0 saturated carbocycles. The molecule has 0 spiro atoms. The third-order valence-electron chi connectivity index (χ3n) is 3.90. The molecule has 3 rings (SSSR count). The van der Waals surface area contributed by atoms with Crippen LogP contribution in [0.2, 0.25) is 0 Å². The van der Waals surface area contributed by atoms with Gasteiger partial charge in [0.2, 0.25) is 0 Å². The molecule has 1 N–H and O–H groups in total. The Hall–Kier alpha value is -2.76.